The fourth-order valence-corrected chi connectivity index (χ4v) is 6.40. The molecule has 0 bridgehead atoms. The number of rotatable bonds is 11. The van der Waals surface area contributed by atoms with Gasteiger partial charge in [0.2, 0.25) is 0 Å². The van der Waals surface area contributed by atoms with E-state index in [0.29, 0.717) is 29.9 Å². The van der Waals surface area contributed by atoms with E-state index < -0.39 is 0 Å². The monoisotopic (exact) mass is 478 g/mol. The van der Waals surface area contributed by atoms with Crippen LogP contribution >= 0.6 is 0 Å². The van der Waals surface area contributed by atoms with E-state index in [2.05, 4.69) is 85.6 Å². The third-order valence-electron chi connectivity index (χ3n) is 4.02. The normalized spacial score (nSPS) is 12.4. The Morgan fingerprint density at radius 2 is 1.35 bits per heavy atom. The maximum atomic E-state index is 2.54. The summed E-state index contributed by atoms with van der Waals surface area (Å²) >= 11 is 0.873. The van der Waals surface area contributed by atoms with E-state index >= 15 is 0 Å². The minimum absolute atomic E-state index is 0.427. The summed E-state index contributed by atoms with van der Waals surface area (Å²) in [4.78, 5) is 2.52. The summed E-state index contributed by atoms with van der Waals surface area (Å²) in [5, 5.41) is 0. The molecule has 2 heteroatoms. The van der Waals surface area contributed by atoms with E-state index in [9.17, 15) is 0 Å². The molecule has 0 aliphatic rings. The molecule has 0 spiro atoms. The molecule has 0 unspecified atom stereocenters. The summed E-state index contributed by atoms with van der Waals surface area (Å²) in [6, 6.07) is 21.9. The van der Waals surface area contributed by atoms with Gasteiger partial charge in [0.1, 0.15) is 0 Å². The summed E-state index contributed by atoms with van der Waals surface area (Å²) < 4.78 is 4.61. The molecule has 2 rings (SSSR count). The Kier molecular flexibility index (Phi) is 10.8. The molecule has 0 nitrogen and oxygen atoms in total. The van der Waals surface area contributed by atoms with Gasteiger partial charge < -0.3 is 0 Å². The zero-order valence-corrected chi connectivity index (χ0v) is 19.4. The second kappa shape index (κ2) is 13.2. The molecule has 0 saturated carbocycles. The average molecular weight is 476 g/mol. The van der Waals surface area contributed by atoms with Gasteiger partial charge in [0.15, 0.2) is 0 Å². The van der Waals surface area contributed by atoms with Crippen LogP contribution in [0.3, 0.4) is 0 Å². The number of hydrogen-bond acceptors (Lipinski definition) is 0. The molecule has 2 aromatic carbocycles. The van der Waals surface area contributed by atoms with Crippen LogP contribution in [0.15, 0.2) is 81.8 Å². The predicted molar refractivity (Wildman–Crippen MR) is 119 cm³/mol. The van der Waals surface area contributed by atoms with E-state index in [0.717, 1.165) is 0 Å². The maximum absolute atomic E-state index is 2.54. The van der Waals surface area contributed by atoms with Gasteiger partial charge in [-0.2, -0.15) is 0 Å². The van der Waals surface area contributed by atoms with Crippen molar-refractivity contribution in [1.29, 1.82) is 0 Å². The van der Waals surface area contributed by atoms with Crippen molar-refractivity contribution in [2.75, 3.05) is 0 Å². The molecule has 0 heterocycles. The molecule has 0 aliphatic carbocycles. The van der Waals surface area contributed by atoms with Gasteiger partial charge in [0, 0.05) is 0 Å². The Labute approximate surface area is 172 Å². The number of hydrogen-bond donors (Lipinski definition) is 0. The molecule has 2 aromatic rings. The van der Waals surface area contributed by atoms with Crippen LogP contribution in [0, 0.1) is 0 Å². The fraction of sp³-hybridized carbons (Fsp3) is 0.333. The van der Waals surface area contributed by atoms with Gasteiger partial charge in [0.05, 0.1) is 0 Å². The van der Waals surface area contributed by atoms with E-state index in [1.807, 2.05) is 0 Å². The molecule has 26 heavy (non-hydrogen) atoms. The van der Waals surface area contributed by atoms with Crippen LogP contribution < -0.4 is 8.92 Å². The first kappa shape index (κ1) is 21.3. The van der Waals surface area contributed by atoms with Crippen LogP contribution in [0.1, 0.15) is 52.4 Å². The molecular formula is C24H30Se2. The Hall–Kier alpha value is -1.04. The van der Waals surface area contributed by atoms with Gasteiger partial charge in [0.25, 0.3) is 0 Å². The molecular weight excluding hydrogens is 446 g/mol. The Morgan fingerprint density at radius 1 is 0.769 bits per heavy atom. The van der Waals surface area contributed by atoms with Crippen molar-refractivity contribution in [3.63, 3.8) is 0 Å². The number of unbranched alkanes of at least 4 members (excludes halogenated alkanes) is 2. The molecule has 0 aliphatic heterocycles. The summed E-state index contributed by atoms with van der Waals surface area (Å²) in [6.45, 7) is 4.58. The fourth-order valence-electron chi connectivity index (χ4n) is 2.54. The van der Waals surface area contributed by atoms with Crippen LogP contribution in [0.5, 0.6) is 0 Å². The van der Waals surface area contributed by atoms with Crippen LogP contribution in [0.4, 0.5) is 0 Å². The zero-order chi connectivity index (χ0) is 18.5. The number of allylic oxidation sites excluding steroid dienone is 3. The summed E-state index contributed by atoms with van der Waals surface area (Å²) in [5.41, 5.74) is 1.56. The Balaban J connectivity index is 2.16. The molecule has 0 N–H and O–H groups in total. The van der Waals surface area contributed by atoms with Crippen molar-refractivity contribution in [1.82, 2.24) is 0 Å². The molecule has 0 aromatic heterocycles. The van der Waals surface area contributed by atoms with Gasteiger partial charge in [-0.15, -0.1) is 0 Å². The second-order valence-electron chi connectivity index (χ2n) is 6.36. The van der Waals surface area contributed by atoms with Crippen molar-refractivity contribution in [3.8, 4) is 0 Å². The van der Waals surface area contributed by atoms with Crippen LogP contribution in [0.2, 0.25) is 0 Å². The number of benzene rings is 2. The third kappa shape index (κ3) is 8.56. The summed E-state index contributed by atoms with van der Waals surface area (Å²) in [6.07, 6.45) is 10.1. The van der Waals surface area contributed by atoms with Gasteiger partial charge in [-0.05, 0) is 0 Å². The van der Waals surface area contributed by atoms with Crippen molar-refractivity contribution < 1.29 is 0 Å². The standard InChI is InChI=1S/C24H30Se2/c1-3-5-13-21(20-25-22-15-9-7-10-16-22)19-24(14-6-4-2)26-23-17-11-8-12-18-23/h7-12,15-20H,3-6,13-14H2,1-2H3/b21-20-,24-19-. The molecule has 0 atom stereocenters. The van der Waals surface area contributed by atoms with Gasteiger partial charge in [-0.3, -0.25) is 0 Å². The Morgan fingerprint density at radius 3 is 1.96 bits per heavy atom. The van der Waals surface area contributed by atoms with Crippen LogP contribution in [0.25, 0.3) is 0 Å². The first-order valence-corrected chi connectivity index (χ1v) is 13.2. The third-order valence-corrected chi connectivity index (χ3v) is 8.34. The molecule has 138 valence electrons. The molecule has 0 amide bonds. The van der Waals surface area contributed by atoms with Crippen molar-refractivity contribution >= 4 is 38.8 Å². The Bertz CT molecular complexity index is 672. The van der Waals surface area contributed by atoms with E-state index in [4.69, 9.17) is 0 Å². The van der Waals surface area contributed by atoms with Crippen molar-refractivity contribution in [3.05, 3.63) is 81.8 Å². The summed E-state index contributed by atoms with van der Waals surface area (Å²) in [7, 11) is 0. The van der Waals surface area contributed by atoms with Crippen molar-refractivity contribution in [2.24, 2.45) is 0 Å². The van der Waals surface area contributed by atoms with Crippen molar-refractivity contribution in [2.45, 2.75) is 52.4 Å². The SMILES string of the molecule is CCCCC(=C/[Se]c1ccccc1)/C=C(/CCCC)[Se]c1ccccc1. The van der Waals surface area contributed by atoms with E-state index in [1.54, 1.807) is 10.0 Å². The topological polar surface area (TPSA) is 0 Å². The first-order valence-electron chi connectivity index (χ1n) is 9.66. The predicted octanol–water partition coefficient (Wildman–Crippen LogP) is 5.19. The van der Waals surface area contributed by atoms with E-state index in [-0.39, 0.29) is 0 Å². The minimum atomic E-state index is 0.427. The van der Waals surface area contributed by atoms with Gasteiger partial charge in [-0.1, -0.05) is 0 Å². The molecule has 0 fully saturated rings. The summed E-state index contributed by atoms with van der Waals surface area (Å²) in [5.74, 6) is 0. The molecule has 0 radical (unpaired) electrons. The van der Waals surface area contributed by atoms with Gasteiger partial charge in [-0.25, -0.2) is 0 Å². The van der Waals surface area contributed by atoms with Crippen LogP contribution in [-0.2, 0) is 0 Å². The zero-order valence-electron chi connectivity index (χ0n) is 16.0. The van der Waals surface area contributed by atoms with Gasteiger partial charge >= 0.3 is 173 Å². The first-order chi connectivity index (χ1) is 12.8. The average Bonchev–Trinajstić information content (AvgIpc) is 2.69. The molecule has 0 saturated heterocycles. The van der Waals surface area contributed by atoms with E-state index in [1.165, 1.54) is 47.4 Å². The second-order valence-corrected chi connectivity index (χ2v) is 10.9. The van der Waals surface area contributed by atoms with Crippen LogP contribution in [-0.4, -0.2) is 29.9 Å². The quantitative estimate of drug-likeness (QED) is 0.309.